The van der Waals surface area contributed by atoms with Crippen LogP contribution in [0.3, 0.4) is 0 Å². The molecule has 0 amide bonds. The smallest absolute Gasteiger partial charge is 0.101 e. The van der Waals surface area contributed by atoms with Gasteiger partial charge in [-0.05, 0) is 31.0 Å². The SMILES string of the molecule is COCCC(CO)Nc1ccc(C)cc1C#N. The number of aryl methyl sites for hydroxylation is 1. The quantitative estimate of drug-likeness (QED) is 0.786. The van der Waals surface area contributed by atoms with Gasteiger partial charge in [-0.1, -0.05) is 6.07 Å². The number of methoxy groups -OCH3 is 1. The lowest BCUT2D eigenvalue weighted by Gasteiger charge is -2.18. The lowest BCUT2D eigenvalue weighted by atomic mass is 10.1. The molecule has 1 atom stereocenters. The van der Waals surface area contributed by atoms with Gasteiger partial charge >= 0.3 is 0 Å². The molecule has 1 aromatic rings. The van der Waals surface area contributed by atoms with Gasteiger partial charge in [0.2, 0.25) is 0 Å². The van der Waals surface area contributed by atoms with E-state index in [1.807, 2.05) is 25.1 Å². The van der Waals surface area contributed by atoms with E-state index in [1.165, 1.54) is 0 Å². The number of anilines is 1. The van der Waals surface area contributed by atoms with Crippen LogP contribution >= 0.6 is 0 Å². The normalized spacial score (nSPS) is 11.9. The fourth-order valence-electron chi connectivity index (χ4n) is 1.57. The molecule has 17 heavy (non-hydrogen) atoms. The summed E-state index contributed by atoms with van der Waals surface area (Å²) in [6.07, 6.45) is 0.700. The summed E-state index contributed by atoms with van der Waals surface area (Å²) in [6, 6.07) is 7.68. The second-order valence-corrected chi connectivity index (χ2v) is 3.97. The molecule has 2 N–H and O–H groups in total. The van der Waals surface area contributed by atoms with Crippen molar-refractivity contribution in [3.8, 4) is 6.07 Å². The summed E-state index contributed by atoms with van der Waals surface area (Å²) in [5.74, 6) is 0. The predicted molar refractivity (Wildman–Crippen MR) is 66.9 cm³/mol. The van der Waals surface area contributed by atoms with Crippen molar-refractivity contribution in [1.29, 1.82) is 5.26 Å². The molecule has 1 rings (SSSR count). The summed E-state index contributed by atoms with van der Waals surface area (Å²) in [5, 5.41) is 21.4. The standard InChI is InChI=1S/C13H18N2O2/c1-10-3-4-13(11(7-10)8-14)15-12(9-16)5-6-17-2/h3-4,7,12,15-16H,5-6,9H2,1-2H3. The largest absolute Gasteiger partial charge is 0.394 e. The molecule has 0 saturated carbocycles. The Morgan fingerprint density at radius 3 is 2.88 bits per heavy atom. The van der Waals surface area contributed by atoms with Gasteiger partial charge in [-0.15, -0.1) is 0 Å². The summed E-state index contributed by atoms with van der Waals surface area (Å²) >= 11 is 0. The minimum atomic E-state index is -0.0928. The second kappa shape index (κ2) is 6.89. The first-order valence-electron chi connectivity index (χ1n) is 5.58. The number of nitrogens with one attached hydrogen (secondary N) is 1. The number of nitrogens with zero attached hydrogens (tertiary/aromatic N) is 1. The van der Waals surface area contributed by atoms with Gasteiger partial charge in [0.1, 0.15) is 6.07 Å². The molecule has 0 aliphatic carbocycles. The van der Waals surface area contributed by atoms with E-state index in [9.17, 15) is 5.11 Å². The number of rotatable bonds is 6. The number of hydrogen-bond donors (Lipinski definition) is 2. The topological polar surface area (TPSA) is 65.3 Å². The summed E-state index contributed by atoms with van der Waals surface area (Å²) in [4.78, 5) is 0. The zero-order valence-corrected chi connectivity index (χ0v) is 10.2. The molecule has 0 radical (unpaired) electrons. The van der Waals surface area contributed by atoms with Crippen LogP contribution in [0, 0.1) is 18.3 Å². The Kier molecular flexibility index (Phi) is 5.47. The van der Waals surface area contributed by atoms with Gasteiger partial charge in [0.25, 0.3) is 0 Å². The molecule has 0 spiro atoms. The molecule has 0 saturated heterocycles. The average Bonchev–Trinajstić information content (AvgIpc) is 2.35. The van der Waals surface area contributed by atoms with E-state index in [2.05, 4.69) is 11.4 Å². The van der Waals surface area contributed by atoms with E-state index < -0.39 is 0 Å². The molecule has 0 aliphatic heterocycles. The summed E-state index contributed by atoms with van der Waals surface area (Å²) in [6.45, 7) is 2.53. The number of benzene rings is 1. The first-order chi connectivity index (χ1) is 8.21. The Bertz CT molecular complexity index is 399. The van der Waals surface area contributed by atoms with Crippen molar-refractivity contribution in [3.05, 3.63) is 29.3 Å². The van der Waals surface area contributed by atoms with Crippen LogP contribution in [0.2, 0.25) is 0 Å². The van der Waals surface area contributed by atoms with Crippen molar-refractivity contribution in [3.63, 3.8) is 0 Å². The number of nitriles is 1. The van der Waals surface area contributed by atoms with Crippen LogP contribution in [-0.4, -0.2) is 31.5 Å². The maximum atomic E-state index is 9.23. The van der Waals surface area contributed by atoms with E-state index in [4.69, 9.17) is 10.00 Å². The molecule has 4 nitrogen and oxygen atoms in total. The average molecular weight is 234 g/mol. The van der Waals surface area contributed by atoms with Crippen molar-refractivity contribution in [1.82, 2.24) is 0 Å². The van der Waals surface area contributed by atoms with Crippen LogP contribution in [0.5, 0.6) is 0 Å². The van der Waals surface area contributed by atoms with Gasteiger partial charge in [-0.3, -0.25) is 0 Å². The zero-order chi connectivity index (χ0) is 12.7. The second-order valence-electron chi connectivity index (χ2n) is 3.97. The van der Waals surface area contributed by atoms with E-state index in [0.717, 1.165) is 11.3 Å². The molecule has 0 aromatic heterocycles. The summed E-state index contributed by atoms with van der Waals surface area (Å²) < 4.78 is 4.97. The molecule has 1 aromatic carbocycles. The molecule has 0 heterocycles. The van der Waals surface area contributed by atoms with E-state index >= 15 is 0 Å². The van der Waals surface area contributed by atoms with Crippen LogP contribution in [0.1, 0.15) is 17.5 Å². The van der Waals surface area contributed by atoms with Gasteiger partial charge in [0.15, 0.2) is 0 Å². The van der Waals surface area contributed by atoms with Crippen molar-refractivity contribution in [2.75, 3.05) is 25.6 Å². The maximum absolute atomic E-state index is 9.23. The first-order valence-corrected chi connectivity index (χ1v) is 5.58. The fourth-order valence-corrected chi connectivity index (χ4v) is 1.57. The first kappa shape index (κ1) is 13.5. The summed E-state index contributed by atoms with van der Waals surface area (Å²) in [7, 11) is 1.63. The van der Waals surface area contributed by atoms with Crippen molar-refractivity contribution in [2.45, 2.75) is 19.4 Å². The number of aliphatic hydroxyl groups excluding tert-OH is 1. The Morgan fingerprint density at radius 2 is 2.29 bits per heavy atom. The predicted octanol–water partition coefficient (Wildman–Crippen LogP) is 1.68. The third-order valence-electron chi connectivity index (χ3n) is 2.55. The molecule has 0 fully saturated rings. The van der Waals surface area contributed by atoms with Gasteiger partial charge in [0, 0.05) is 13.7 Å². The maximum Gasteiger partial charge on any atom is 0.101 e. The van der Waals surface area contributed by atoms with Gasteiger partial charge in [0.05, 0.1) is 23.9 Å². The number of ether oxygens (including phenoxy) is 1. The Morgan fingerprint density at radius 1 is 1.53 bits per heavy atom. The van der Waals surface area contributed by atoms with Gasteiger partial charge in [-0.25, -0.2) is 0 Å². The highest BCUT2D eigenvalue weighted by molar-refractivity contribution is 5.59. The van der Waals surface area contributed by atoms with Crippen molar-refractivity contribution < 1.29 is 9.84 Å². The van der Waals surface area contributed by atoms with Gasteiger partial charge < -0.3 is 15.2 Å². The van der Waals surface area contributed by atoms with Crippen LogP contribution in [0.4, 0.5) is 5.69 Å². The molecule has 4 heteroatoms. The Hall–Kier alpha value is -1.57. The minimum absolute atomic E-state index is 0.0160. The highest BCUT2D eigenvalue weighted by Gasteiger charge is 2.09. The van der Waals surface area contributed by atoms with E-state index in [0.29, 0.717) is 18.6 Å². The number of aliphatic hydroxyl groups is 1. The van der Waals surface area contributed by atoms with Crippen molar-refractivity contribution in [2.24, 2.45) is 0 Å². The lowest BCUT2D eigenvalue weighted by Crippen LogP contribution is -2.25. The lowest BCUT2D eigenvalue weighted by molar-refractivity contribution is 0.174. The molecular formula is C13H18N2O2. The molecular weight excluding hydrogens is 216 g/mol. The van der Waals surface area contributed by atoms with Crippen molar-refractivity contribution >= 4 is 5.69 Å². The highest BCUT2D eigenvalue weighted by atomic mass is 16.5. The van der Waals surface area contributed by atoms with E-state index in [-0.39, 0.29) is 12.6 Å². The van der Waals surface area contributed by atoms with Crippen LogP contribution in [0.15, 0.2) is 18.2 Å². The zero-order valence-electron chi connectivity index (χ0n) is 10.2. The summed E-state index contributed by atoms with van der Waals surface area (Å²) in [5.41, 5.74) is 2.40. The molecule has 1 unspecified atom stereocenters. The fraction of sp³-hybridized carbons (Fsp3) is 0.462. The molecule has 0 bridgehead atoms. The Labute approximate surface area is 102 Å². The third kappa shape index (κ3) is 4.06. The molecule has 92 valence electrons. The molecule has 0 aliphatic rings. The van der Waals surface area contributed by atoms with Crippen LogP contribution in [-0.2, 0) is 4.74 Å². The number of hydrogen-bond acceptors (Lipinski definition) is 4. The monoisotopic (exact) mass is 234 g/mol. The van der Waals surface area contributed by atoms with Gasteiger partial charge in [-0.2, -0.15) is 5.26 Å². The van der Waals surface area contributed by atoms with Crippen LogP contribution < -0.4 is 5.32 Å². The highest BCUT2D eigenvalue weighted by Crippen LogP contribution is 2.17. The van der Waals surface area contributed by atoms with Crippen LogP contribution in [0.25, 0.3) is 0 Å². The third-order valence-corrected chi connectivity index (χ3v) is 2.55. The minimum Gasteiger partial charge on any atom is -0.394 e. The Balaban J connectivity index is 2.75. The van der Waals surface area contributed by atoms with E-state index in [1.54, 1.807) is 7.11 Å².